The maximum Gasteiger partial charge on any atom is 0.221 e. The third-order valence-electron chi connectivity index (χ3n) is 4.01. The second-order valence-corrected chi connectivity index (χ2v) is 5.95. The topological polar surface area (TPSA) is 57.3 Å². The minimum absolute atomic E-state index is 0.186. The van der Waals surface area contributed by atoms with Crippen LogP contribution in [0.3, 0.4) is 0 Å². The van der Waals surface area contributed by atoms with E-state index < -0.39 is 0 Å². The van der Waals surface area contributed by atoms with Gasteiger partial charge in [-0.3, -0.25) is 4.79 Å². The van der Waals surface area contributed by atoms with E-state index in [1.165, 1.54) is 31.9 Å². The van der Waals surface area contributed by atoms with E-state index in [-0.39, 0.29) is 11.7 Å². The molecule has 2 heterocycles. The Kier molecular flexibility index (Phi) is 4.93. The fourth-order valence-corrected chi connectivity index (χ4v) is 2.79. The van der Waals surface area contributed by atoms with Crippen LogP contribution in [0.4, 0.5) is 21.6 Å². The van der Waals surface area contributed by atoms with Crippen molar-refractivity contribution in [2.24, 2.45) is 0 Å². The predicted molar refractivity (Wildman–Crippen MR) is 93.7 cm³/mol. The van der Waals surface area contributed by atoms with Gasteiger partial charge in [0, 0.05) is 38.4 Å². The molecule has 0 saturated carbocycles. The minimum Gasteiger partial charge on any atom is -0.378 e. The van der Waals surface area contributed by atoms with E-state index in [9.17, 15) is 9.18 Å². The lowest BCUT2D eigenvalue weighted by atomic mass is 10.2. The summed E-state index contributed by atoms with van der Waals surface area (Å²) in [6.45, 7) is 4.01. The summed E-state index contributed by atoms with van der Waals surface area (Å²) in [6.07, 6.45) is 4.25. The summed E-state index contributed by atoms with van der Waals surface area (Å²) in [7, 11) is 0. The van der Waals surface area contributed by atoms with Crippen LogP contribution in [-0.2, 0) is 11.3 Å². The molecule has 1 aliphatic rings. The van der Waals surface area contributed by atoms with Gasteiger partial charge in [-0.25, -0.2) is 9.37 Å². The van der Waals surface area contributed by atoms with E-state index in [0.29, 0.717) is 17.9 Å². The number of carbonyl (C=O) groups excluding carboxylic acids is 1. The highest BCUT2D eigenvalue weighted by Gasteiger charge is 2.13. The lowest BCUT2D eigenvalue weighted by Crippen LogP contribution is -2.18. The Bertz CT molecular complexity index is 711. The number of hydrogen-bond acceptors (Lipinski definition) is 4. The Morgan fingerprint density at radius 2 is 2.04 bits per heavy atom. The Hall–Kier alpha value is -2.63. The van der Waals surface area contributed by atoms with Gasteiger partial charge >= 0.3 is 0 Å². The number of amides is 1. The van der Waals surface area contributed by atoms with Crippen molar-refractivity contribution in [2.75, 3.05) is 28.6 Å². The molecule has 5 nitrogen and oxygen atoms in total. The Morgan fingerprint density at radius 3 is 2.71 bits per heavy atom. The van der Waals surface area contributed by atoms with E-state index >= 15 is 0 Å². The quantitative estimate of drug-likeness (QED) is 0.883. The molecule has 1 amide bonds. The standard InChI is InChI=1S/C18H21FN4O/c1-13(24)22-15-5-6-16(19)17(10-15)20-11-14-4-7-18(21-12-14)23-8-2-3-9-23/h4-7,10,12,20H,2-3,8-9,11H2,1H3,(H,22,24). The molecule has 1 saturated heterocycles. The van der Waals surface area contributed by atoms with Gasteiger partial charge in [0.25, 0.3) is 0 Å². The highest BCUT2D eigenvalue weighted by Crippen LogP contribution is 2.21. The fourth-order valence-electron chi connectivity index (χ4n) is 2.79. The summed E-state index contributed by atoms with van der Waals surface area (Å²) < 4.78 is 13.9. The zero-order valence-corrected chi connectivity index (χ0v) is 13.7. The number of benzene rings is 1. The van der Waals surface area contributed by atoms with Crippen LogP contribution in [0.15, 0.2) is 36.5 Å². The average Bonchev–Trinajstić information content (AvgIpc) is 3.10. The van der Waals surface area contributed by atoms with Crippen LogP contribution in [0, 0.1) is 5.82 Å². The van der Waals surface area contributed by atoms with Gasteiger partial charge in [0.05, 0.1) is 5.69 Å². The Balaban J connectivity index is 1.63. The molecular weight excluding hydrogens is 307 g/mol. The van der Waals surface area contributed by atoms with Crippen LogP contribution in [-0.4, -0.2) is 24.0 Å². The number of rotatable bonds is 5. The predicted octanol–water partition coefficient (Wildman–Crippen LogP) is 3.39. The SMILES string of the molecule is CC(=O)Nc1ccc(F)c(NCc2ccc(N3CCCC3)nc2)c1. The highest BCUT2D eigenvalue weighted by molar-refractivity contribution is 5.89. The smallest absolute Gasteiger partial charge is 0.221 e. The largest absolute Gasteiger partial charge is 0.378 e. The van der Waals surface area contributed by atoms with E-state index in [4.69, 9.17) is 0 Å². The molecule has 1 aromatic carbocycles. The average molecular weight is 328 g/mol. The maximum atomic E-state index is 13.9. The Labute approximate surface area is 140 Å². The van der Waals surface area contributed by atoms with Gasteiger partial charge in [0.1, 0.15) is 11.6 Å². The van der Waals surface area contributed by atoms with Crippen molar-refractivity contribution < 1.29 is 9.18 Å². The molecular formula is C18H21FN4O. The van der Waals surface area contributed by atoms with E-state index in [1.54, 1.807) is 6.07 Å². The van der Waals surface area contributed by atoms with Gasteiger partial charge in [-0.2, -0.15) is 0 Å². The number of halogens is 1. The van der Waals surface area contributed by atoms with Crippen molar-refractivity contribution in [1.29, 1.82) is 0 Å². The highest BCUT2D eigenvalue weighted by atomic mass is 19.1. The second kappa shape index (κ2) is 7.29. The molecule has 0 aliphatic carbocycles. The van der Waals surface area contributed by atoms with Gasteiger partial charge in [-0.05, 0) is 42.7 Å². The first-order chi connectivity index (χ1) is 11.6. The van der Waals surface area contributed by atoms with Gasteiger partial charge in [0.2, 0.25) is 5.91 Å². The number of carbonyl (C=O) groups is 1. The van der Waals surface area contributed by atoms with Crippen LogP contribution in [0.5, 0.6) is 0 Å². The van der Waals surface area contributed by atoms with E-state index in [2.05, 4.69) is 20.5 Å². The summed E-state index contributed by atoms with van der Waals surface area (Å²) in [6, 6.07) is 8.47. The summed E-state index contributed by atoms with van der Waals surface area (Å²) in [5, 5.41) is 5.70. The number of anilines is 3. The third kappa shape index (κ3) is 4.01. The first-order valence-corrected chi connectivity index (χ1v) is 8.13. The van der Waals surface area contributed by atoms with Crippen molar-refractivity contribution in [2.45, 2.75) is 26.3 Å². The van der Waals surface area contributed by atoms with Gasteiger partial charge in [-0.15, -0.1) is 0 Å². The van der Waals surface area contributed by atoms with Gasteiger partial charge in [0.15, 0.2) is 0 Å². The Morgan fingerprint density at radius 1 is 1.25 bits per heavy atom. The maximum absolute atomic E-state index is 13.9. The molecule has 24 heavy (non-hydrogen) atoms. The monoisotopic (exact) mass is 328 g/mol. The summed E-state index contributed by atoms with van der Waals surface area (Å²) >= 11 is 0. The fraction of sp³-hybridized carbons (Fsp3) is 0.333. The molecule has 2 N–H and O–H groups in total. The van der Waals surface area contributed by atoms with Crippen LogP contribution < -0.4 is 15.5 Å². The van der Waals surface area contributed by atoms with Crippen molar-refractivity contribution in [3.05, 3.63) is 47.9 Å². The molecule has 0 spiro atoms. The first kappa shape index (κ1) is 16.2. The number of pyridine rings is 1. The lowest BCUT2D eigenvalue weighted by molar-refractivity contribution is -0.114. The lowest BCUT2D eigenvalue weighted by Gasteiger charge is -2.16. The molecule has 126 valence electrons. The first-order valence-electron chi connectivity index (χ1n) is 8.13. The van der Waals surface area contributed by atoms with Crippen molar-refractivity contribution in [3.8, 4) is 0 Å². The zero-order valence-electron chi connectivity index (χ0n) is 13.7. The summed E-state index contributed by atoms with van der Waals surface area (Å²) in [4.78, 5) is 17.9. The van der Waals surface area contributed by atoms with E-state index in [0.717, 1.165) is 24.5 Å². The van der Waals surface area contributed by atoms with Crippen molar-refractivity contribution >= 4 is 23.1 Å². The van der Waals surface area contributed by atoms with Crippen LogP contribution >= 0.6 is 0 Å². The van der Waals surface area contributed by atoms with Crippen LogP contribution in [0.2, 0.25) is 0 Å². The number of hydrogen-bond donors (Lipinski definition) is 2. The molecule has 3 rings (SSSR count). The molecule has 1 fully saturated rings. The molecule has 2 aromatic rings. The van der Waals surface area contributed by atoms with E-state index in [1.807, 2.05) is 18.3 Å². The van der Waals surface area contributed by atoms with Crippen LogP contribution in [0.25, 0.3) is 0 Å². The molecule has 6 heteroatoms. The molecule has 0 bridgehead atoms. The van der Waals surface area contributed by atoms with Gasteiger partial charge < -0.3 is 15.5 Å². The minimum atomic E-state index is -0.356. The van der Waals surface area contributed by atoms with Crippen molar-refractivity contribution in [3.63, 3.8) is 0 Å². The summed E-state index contributed by atoms with van der Waals surface area (Å²) in [5.74, 6) is 0.454. The molecule has 0 unspecified atom stereocenters. The molecule has 0 radical (unpaired) electrons. The van der Waals surface area contributed by atoms with Crippen LogP contribution in [0.1, 0.15) is 25.3 Å². The summed E-state index contributed by atoms with van der Waals surface area (Å²) in [5.41, 5.74) is 1.89. The number of aromatic nitrogens is 1. The van der Waals surface area contributed by atoms with Crippen molar-refractivity contribution in [1.82, 2.24) is 4.98 Å². The second-order valence-electron chi connectivity index (χ2n) is 5.95. The molecule has 1 aromatic heterocycles. The molecule has 0 atom stereocenters. The number of nitrogens with zero attached hydrogens (tertiary/aromatic N) is 2. The molecule has 1 aliphatic heterocycles. The zero-order chi connectivity index (χ0) is 16.9. The third-order valence-corrected chi connectivity index (χ3v) is 4.01. The van der Waals surface area contributed by atoms with Gasteiger partial charge in [-0.1, -0.05) is 6.07 Å². The number of nitrogens with one attached hydrogen (secondary N) is 2. The normalized spacial score (nSPS) is 13.8.